The monoisotopic (exact) mass is 351 g/mol. The van der Waals surface area contributed by atoms with Crippen LogP contribution in [0.3, 0.4) is 0 Å². The van der Waals surface area contributed by atoms with Gasteiger partial charge in [0.15, 0.2) is 0 Å². The molecule has 0 bridgehead atoms. The van der Waals surface area contributed by atoms with Gasteiger partial charge in [-0.05, 0) is 32.4 Å². The molecule has 0 aliphatic carbocycles. The van der Waals surface area contributed by atoms with Crippen LogP contribution in [0.2, 0.25) is 10.0 Å². The average Bonchev–Trinajstić information content (AvgIpc) is 2.36. The summed E-state index contributed by atoms with van der Waals surface area (Å²) in [6, 6.07) is 1.11. The molecule has 0 aromatic heterocycles. The molecular formula is C14H16Cl2FNO4. The van der Waals surface area contributed by atoms with Crippen molar-refractivity contribution in [3.63, 3.8) is 0 Å². The van der Waals surface area contributed by atoms with E-state index in [9.17, 15) is 19.1 Å². The molecule has 0 aliphatic rings. The zero-order valence-electron chi connectivity index (χ0n) is 12.2. The van der Waals surface area contributed by atoms with E-state index >= 15 is 0 Å². The first-order valence-electron chi connectivity index (χ1n) is 6.36. The highest BCUT2D eigenvalue weighted by molar-refractivity contribution is 6.42. The van der Waals surface area contributed by atoms with Gasteiger partial charge in [-0.15, -0.1) is 0 Å². The zero-order chi connectivity index (χ0) is 17.1. The minimum atomic E-state index is -1.28. The molecule has 0 saturated carbocycles. The van der Waals surface area contributed by atoms with E-state index in [-0.39, 0.29) is 16.5 Å². The predicted octanol–water partition coefficient (Wildman–Crippen LogP) is 3.65. The smallest absolute Gasteiger partial charge is 0.408 e. The van der Waals surface area contributed by atoms with Crippen molar-refractivity contribution in [2.45, 2.75) is 38.8 Å². The number of carbonyl (C=O) groups is 2. The lowest BCUT2D eigenvalue weighted by atomic mass is 10.1. The van der Waals surface area contributed by atoms with Crippen LogP contribution in [-0.2, 0) is 16.0 Å². The van der Waals surface area contributed by atoms with Gasteiger partial charge in [0.05, 0.1) is 10.0 Å². The predicted molar refractivity (Wildman–Crippen MR) is 80.9 cm³/mol. The number of carboxylic acid groups (broad SMARTS) is 1. The number of benzene rings is 1. The molecule has 122 valence electrons. The van der Waals surface area contributed by atoms with Crippen molar-refractivity contribution in [1.29, 1.82) is 0 Å². The molecule has 0 aliphatic heterocycles. The van der Waals surface area contributed by atoms with Crippen molar-refractivity contribution in [1.82, 2.24) is 5.32 Å². The molecule has 0 fully saturated rings. The van der Waals surface area contributed by atoms with Crippen LogP contribution in [0.1, 0.15) is 26.3 Å². The first-order valence-corrected chi connectivity index (χ1v) is 7.11. The number of carboxylic acids is 1. The highest BCUT2D eigenvalue weighted by atomic mass is 35.5. The number of alkyl carbamates (subject to hydrolysis) is 1. The Bertz CT molecular complexity index is 587. The molecule has 5 nitrogen and oxygen atoms in total. The summed E-state index contributed by atoms with van der Waals surface area (Å²) in [7, 11) is 0. The highest BCUT2D eigenvalue weighted by Gasteiger charge is 2.25. The SMILES string of the molecule is CC(C)(C)OC(=O)N[C@H](Cc1ccc(F)c(Cl)c1Cl)C(=O)O. The number of hydrogen-bond donors (Lipinski definition) is 2. The van der Waals surface area contributed by atoms with Crippen molar-refractivity contribution in [2.75, 3.05) is 0 Å². The summed E-state index contributed by atoms with van der Waals surface area (Å²) in [6.45, 7) is 4.96. The number of ether oxygens (including phenoxy) is 1. The van der Waals surface area contributed by atoms with Crippen molar-refractivity contribution >= 4 is 35.3 Å². The van der Waals surface area contributed by atoms with Crippen LogP contribution in [0, 0.1) is 5.82 Å². The Morgan fingerprint density at radius 3 is 2.41 bits per heavy atom. The van der Waals surface area contributed by atoms with Crippen LogP contribution < -0.4 is 5.32 Å². The third-order valence-electron chi connectivity index (χ3n) is 2.53. The maximum absolute atomic E-state index is 13.2. The summed E-state index contributed by atoms with van der Waals surface area (Å²) in [5.41, 5.74) is -0.458. The van der Waals surface area contributed by atoms with Crippen LogP contribution in [0.25, 0.3) is 0 Å². The van der Waals surface area contributed by atoms with Crippen LogP contribution >= 0.6 is 23.2 Å². The average molecular weight is 352 g/mol. The molecule has 8 heteroatoms. The van der Waals surface area contributed by atoms with Gasteiger partial charge in [0, 0.05) is 6.42 Å². The molecule has 0 heterocycles. The summed E-state index contributed by atoms with van der Waals surface area (Å²) in [4.78, 5) is 22.9. The van der Waals surface area contributed by atoms with E-state index in [1.807, 2.05) is 0 Å². The van der Waals surface area contributed by atoms with Crippen molar-refractivity contribution in [3.8, 4) is 0 Å². The molecule has 0 radical (unpaired) electrons. The van der Waals surface area contributed by atoms with E-state index < -0.39 is 29.5 Å². The Hall–Kier alpha value is -1.53. The maximum atomic E-state index is 13.2. The van der Waals surface area contributed by atoms with Crippen LogP contribution in [-0.4, -0.2) is 28.8 Å². The minimum absolute atomic E-state index is 0.0843. The molecule has 0 saturated heterocycles. The largest absolute Gasteiger partial charge is 0.480 e. The van der Waals surface area contributed by atoms with Gasteiger partial charge in [-0.25, -0.2) is 14.0 Å². The van der Waals surface area contributed by atoms with Gasteiger partial charge in [0.25, 0.3) is 0 Å². The summed E-state index contributed by atoms with van der Waals surface area (Å²) in [5, 5.41) is 11.0. The normalized spacial score (nSPS) is 12.6. The Morgan fingerprint density at radius 1 is 1.32 bits per heavy atom. The molecule has 0 spiro atoms. The van der Waals surface area contributed by atoms with Crippen LogP contribution in [0.5, 0.6) is 0 Å². The van der Waals surface area contributed by atoms with Crippen molar-refractivity contribution in [3.05, 3.63) is 33.6 Å². The topological polar surface area (TPSA) is 75.6 Å². The summed E-state index contributed by atoms with van der Waals surface area (Å²) >= 11 is 11.6. The molecule has 2 N–H and O–H groups in total. The lowest BCUT2D eigenvalue weighted by Gasteiger charge is -2.22. The molecule has 1 amide bonds. The maximum Gasteiger partial charge on any atom is 0.408 e. The summed E-state index contributed by atoms with van der Waals surface area (Å²) in [6.07, 6.45) is -1.03. The van der Waals surface area contributed by atoms with Gasteiger partial charge in [0.2, 0.25) is 0 Å². The molecular weight excluding hydrogens is 336 g/mol. The lowest BCUT2D eigenvalue weighted by molar-refractivity contribution is -0.139. The number of halogens is 3. The number of hydrogen-bond acceptors (Lipinski definition) is 3. The second-order valence-electron chi connectivity index (χ2n) is 5.58. The zero-order valence-corrected chi connectivity index (χ0v) is 13.8. The van der Waals surface area contributed by atoms with E-state index in [0.717, 1.165) is 6.07 Å². The highest BCUT2D eigenvalue weighted by Crippen LogP contribution is 2.29. The van der Waals surface area contributed by atoms with Gasteiger partial charge >= 0.3 is 12.1 Å². The fraction of sp³-hybridized carbons (Fsp3) is 0.429. The van der Waals surface area contributed by atoms with E-state index in [4.69, 9.17) is 27.9 Å². The van der Waals surface area contributed by atoms with Gasteiger partial charge in [0.1, 0.15) is 17.5 Å². The van der Waals surface area contributed by atoms with E-state index in [1.165, 1.54) is 6.07 Å². The lowest BCUT2D eigenvalue weighted by Crippen LogP contribution is -2.44. The Kier molecular flexibility index (Phi) is 6.02. The number of nitrogens with one attached hydrogen (secondary N) is 1. The number of amides is 1. The molecule has 1 aromatic rings. The van der Waals surface area contributed by atoms with E-state index in [1.54, 1.807) is 20.8 Å². The molecule has 1 rings (SSSR count). The number of rotatable bonds is 4. The Balaban J connectivity index is 2.88. The van der Waals surface area contributed by atoms with E-state index in [2.05, 4.69) is 5.32 Å². The second-order valence-corrected chi connectivity index (χ2v) is 6.33. The van der Waals surface area contributed by atoms with Gasteiger partial charge in [-0.2, -0.15) is 0 Å². The molecule has 0 unspecified atom stereocenters. The summed E-state index contributed by atoms with van der Waals surface area (Å²) < 4.78 is 18.2. The standard InChI is InChI=1S/C14H16Cl2FNO4/c1-14(2,3)22-13(21)18-9(12(19)20)6-7-4-5-8(17)11(16)10(7)15/h4-5,9H,6H2,1-3H3,(H,18,21)(H,19,20)/t9-/m1/s1. The fourth-order valence-electron chi connectivity index (χ4n) is 1.59. The van der Waals surface area contributed by atoms with Crippen LogP contribution in [0.15, 0.2) is 12.1 Å². The number of aliphatic carboxylic acids is 1. The fourth-order valence-corrected chi connectivity index (χ4v) is 2.01. The number of carbonyl (C=O) groups excluding carboxylic acids is 1. The molecule has 22 heavy (non-hydrogen) atoms. The first kappa shape index (κ1) is 18.5. The Morgan fingerprint density at radius 2 is 1.91 bits per heavy atom. The third-order valence-corrected chi connectivity index (χ3v) is 3.43. The quantitative estimate of drug-likeness (QED) is 0.811. The Labute approximate surface area is 137 Å². The van der Waals surface area contributed by atoms with Gasteiger partial charge < -0.3 is 15.2 Å². The third kappa shape index (κ3) is 5.35. The van der Waals surface area contributed by atoms with Gasteiger partial charge in [-0.3, -0.25) is 0 Å². The van der Waals surface area contributed by atoms with E-state index in [0.29, 0.717) is 5.56 Å². The molecule has 1 atom stereocenters. The van der Waals surface area contributed by atoms with Crippen molar-refractivity contribution < 1.29 is 23.8 Å². The second kappa shape index (κ2) is 7.15. The minimum Gasteiger partial charge on any atom is -0.480 e. The van der Waals surface area contributed by atoms with Gasteiger partial charge in [-0.1, -0.05) is 29.3 Å². The van der Waals surface area contributed by atoms with Crippen molar-refractivity contribution in [2.24, 2.45) is 0 Å². The van der Waals surface area contributed by atoms with Crippen LogP contribution in [0.4, 0.5) is 9.18 Å². The summed E-state index contributed by atoms with van der Waals surface area (Å²) in [5.74, 6) is -1.98. The first-order chi connectivity index (χ1) is 10.0. The molecule has 1 aromatic carbocycles.